The zero-order valence-electron chi connectivity index (χ0n) is 6.75. The summed E-state index contributed by atoms with van der Waals surface area (Å²) in [6.07, 6.45) is 4.84. The molecule has 0 aromatic carbocycles. The van der Waals surface area contributed by atoms with Crippen molar-refractivity contribution in [1.29, 1.82) is 0 Å². The van der Waals surface area contributed by atoms with E-state index in [1.165, 1.54) is 0 Å². The van der Waals surface area contributed by atoms with Crippen molar-refractivity contribution in [2.24, 2.45) is 0 Å². The summed E-state index contributed by atoms with van der Waals surface area (Å²) < 4.78 is 0. The van der Waals surface area contributed by atoms with Gasteiger partial charge in [0.05, 0.1) is 0 Å². The van der Waals surface area contributed by atoms with Crippen LogP contribution in [0.2, 0.25) is 0 Å². The topological polar surface area (TPSA) is 86.5 Å². The van der Waals surface area contributed by atoms with Crippen molar-refractivity contribution in [3.8, 4) is 0 Å². The van der Waals surface area contributed by atoms with Crippen LogP contribution >= 0.6 is 0 Å². The zero-order valence-corrected chi connectivity index (χ0v) is 9.88. The van der Waals surface area contributed by atoms with E-state index in [1.807, 2.05) is 0 Å². The van der Waals surface area contributed by atoms with Crippen LogP contribution in [0.3, 0.4) is 0 Å². The van der Waals surface area contributed by atoms with Crippen molar-refractivity contribution in [1.82, 2.24) is 9.97 Å². The first-order chi connectivity index (χ1) is 5.13. The van der Waals surface area contributed by atoms with Gasteiger partial charge < -0.3 is 20.1 Å². The Balaban J connectivity index is 0. The summed E-state index contributed by atoms with van der Waals surface area (Å²) in [7, 11) is -2.17. The van der Waals surface area contributed by atoms with Crippen LogP contribution in [0.25, 0.3) is 0 Å². The maximum Gasteiger partial charge on any atom is 1.00 e. The Labute approximate surface area is 113 Å². The standard InChI is InChI=1S/C5H5N2.BH3O3.K/c1-5-4-6-2-3-7-5;2-1(3)4;/h2-4H,1H2;2-4H;/q-1;;+1. The Kier molecular flexibility index (Phi) is 12.0. The Morgan fingerprint density at radius 3 is 1.92 bits per heavy atom. The largest absolute Gasteiger partial charge is 1.00 e. The molecule has 12 heavy (non-hydrogen) atoms. The quantitative estimate of drug-likeness (QED) is 0.287. The van der Waals surface area contributed by atoms with Crippen LogP contribution in [-0.4, -0.2) is 32.4 Å². The second-order valence-corrected chi connectivity index (χ2v) is 1.54. The molecule has 0 fully saturated rings. The molecule has 0 amide bonds. The number of hydrogen-bond donors (Lipinski definition) is 3. The third kappa shape index (κ3) is 13.1. The van der Waals surface area contributed by atoms with E-state index in [0.29, 0.717) is 5.69 Å². The average molecular weight is 194 g/mol. The molecule has 0 bridgehead atoms. The third-order valence-corrected chi connectivity index (χ3v) is 0.617. The fourth-order valence-electron chi connectivity index (χ4n) is 0.330. The summed E-state index contributed by atoms with van der Waals surface area (Å²) in [6.45, 7) is 3.55. The minimum atomic E-state index is -2.17. The summed E-state index contributed by atoms with van der Waals surface area (Å²) in [5, 5.41) is 21.5. The van der Waals surface area contributed by atoms with Crippen molar-refractivity contribution in [2.75, 3.05) is 0 Å². The van der Waals surface area contributed by atoms with Crippen molar-refractivity contribution in [3.05, 3.63) is 31.2 Å². The van der Waals surface area contributed by atoms with Gasteiger partial charge in [-0.2, -0.15) is 0 Å². The third-order valence-electron chi connectivity index (χ3n) is 0.617. The fourth-order valence-corrected chi connectivity index (χ4v) is 0.330. The maximum atomic E-state index is 7.17. The summed E-state index contributed by atoms with van der Waals surface area (Å²) in [5.41, 5.74) is 0.711. The second-order valence-electron chi connectivity index (χ2n) is 1.54. The average Bonchev–Trinajstić information content (AvgIpc) is 1.87. The van der Waals surface area contributed by atoms with E-state index in [4.69, 9.17) is 15.1 Å². The molecule has 0 saturated heterocycles. The smallest absolute Gasteiger partial charge is 0.402 e. The van der Waals surface area contributed by atoms with Gasteiger partial charge in [0.1, 0.15) is 0 Å². The van der Waals surface area contributed by atoms with Crippen LogP contribution < -0.4 is 51.4 Å². The minimum absolute atomic E-state index is 0. The van der Waals surface area contributed by atoms with Gasteiger partial charge in [-0.1, -0.05) is 11.9 Å². The van der Waals surface area contributed by atoms with Crippen molar-refractivity contribution in [3.63, 3.8) is 0 Å². The van der Waals surface area contributed by atoms with Gasteiger partial charge in [-0.25, -0.2) is 6.92 Å². The van der Waals surface area contributed by atoms with Gasteiger partial charge in [-0.15, -0.1) is 0 Å². The van der Waals surface area contributed by atoms with Gasteiger partial charge in [0.2, 0.25) is 0 Å². The molecule has 0 saturated carbocycles. The van der Waals surface area contributed by atoms with E-state index in [2.05, 4.69) is 16.9 Å². The normalized spacial score (nSPS) is 7.25. The molecule has 60 valence electrons. The SMILES string of the molecule is OB(O)O.[CH2-]c1cnccn1.[K+]. The molecule has 0 atom stereocenters. The van der Waals surface area contributed by atoms with Crippen LogP contribution in [0, 0.1) is 6.92 Å². The second kappa shape index (κ2) is 9.62. The molecular formula is C5H8BKN2O3. The summed E-state index contributed by atoms with van der Waals surface area (Å²) in [5.74, 6) is 0. The molecule has 3 N–H and O–H groups in total. The van der Waals surface area contributed by atoms with Gasteiger partial charge in [0.15, 0.2) is 0 Å². The van der Waals surface area contributed by atoms with Crippen LogP contribution in [0.4, 0.5) is 0 Å². The molecule has 5 nitrogen and oxygen atoms in total. The molecule has 1 heterocycles. The minimum Gasteiger partial charge on any atom is -0.402 e. The molecule has 0 aliphatic heterocycles. The molecule has 1 aromatic heterocycles. The molecule has 0 aliphatic carbocycles. The van der Waals surface area contributed by atoms with Gasteiger partial charge in [-0.3, -0.25) is 4.98 Å². The molecule has 1 rings (SSSR count). The number of nitrogens with zero attached hydrogens (tertiary/aromatic N) is 2. The van der Waals surface area contributed by atoms with Crippen LogP contribution in [0.5, 0.6) is 0 Å². The van der Waals surface area contributed by atoms with Crippen LogP contribution in [-0.2, 0) is 0 Å². The van der Waals surface area contributed by atoms with Crippen molar-refractivity contribution in [2.45, 2.75) is 0 Å². The van der Waals surface area contributed by atoms with Gasteiger partial charge in [0.25, 0.3) is 0 Å². The molecule has 0 radical (unpaired) electrons. The van der Waals surface area contributed by atoms with Crippen LogP contribution in [0.15, 0.2) is 18.6 Å². The molecule has 0 aliphatic rings. The Bertz CT molecular complexity index is 185. The van der Waals surface area contributed by atoms with Crippen LogP contribution in [0.1, 0.15) is 5.69 Å². The summed E-state index contributed by atoms with van der Waals surface area (Å²) in [4.78, 5) is 7.56. The van der Waals surface area contributed by atoms with E-state index >= 15 is 0 Å². The predicted octanol–water partition coefficient (Wildman–Crippen LogP) is -4.39. The van der Waals surface area contributed by atoms with Gasteiger partial charge in [-0.05, 0) is 0 Å². The number of rotatable bonds is 0. The number of aromatic nitrogens is 2. The number of hydrogen-bond acceptors (Lipinski definition) is 5. The Morgan fingerprint density at radius 1 is 1.25 bits per heavy atom. The summed E-state index contributed by atoms with van der Waals surface area (Å²) in [6, 6.07) is 0. The summed E-state index contributed by atoms with van der Waals surface area (Å²) >= 11 is 0. The first-order valence-corrected chi connectivity index (χ1v) is 2.75. The van der Waals surface area contributed by atoms with Crippen molar-refractivity contribution >= 4 is 7.32 Å². The van der Waals surface area contributed by atoms with Crippen molar-refractivity contribution < 1.29 is 66.5 Å². The monoisotopic (exact) mass is 194 g/mol. The first-order valence-electron chi connectivity index (χ1n) is 2.75. The van der Waals surface area contributed by atoms with Gasteiger partial charge >= 0.3 is 58.7 Å². The molecule has 0 spiro atoms. The Hall–Kier alpha value is 0.531. The molecular weight excluding hydrogens is 186 g/mol. The van der Waals surface area contributed by atoms with E-state index in [-0.39, 0.29) is 51.4 Å². The van der Waals surface area contributed by atoms with E-state index in [9.17, 15) is 0 Å². The van der Waals surface area contributed by atoms with E-state index in [1.54, 1.807) is 18.6 Å². The molecule has 1 aromatic rings. The first kappa shape index (κ1) is 15.0. The van der Waals surface area contributed by atoms with E-state index in [0.717, 1.165) is 0 Å². The predicted molar refractivity (Wildman–Crippen MR) is 38.9 cm³/mol. The van der Waals surface area contributed by atoms with Gasteiger partial charge in [0, 0.05) is 12.4 Å². The van der Waals surface area contributed by atoms with E-state index < -0.39 is 7.32 Å². The molecule has 0 unspecified atom stereocenters. The molecule has 7 heteroatoms. The fraction of sp³-hybridized carbons (Fsp3) is 0. The Morgan fingerprint density at radius 2 is 1.75 bits per heavy atom. The zero-order chi connectivity index (χ0) is 8.69. The maximum absolute atomic E-state index is 7.17.